The molecule has 0 rings (SSSR count). The van der Waals surface area contributed by atoms with E-state index < -0.39 is 5.97 Å². The third-order valence-electron chi connectivity index (χ3n) is 2.70. The molecule has 0 aromatic rings. The Bertz CT molecular complexity index is 180. The summed E-state index contributed by atoms with van der Waals surface area (Å²) in [5.41, 5.74) is 5.70. The maximum Gasteiger partial charge on any atom is 0.304 e. The Morgan fingerprint density at radius 1 is 1.13 bits per heavy atom. The summed E-state index contributed by atoms with van der Waals surface area (Å²) in [7, 11) is 0. The van der Waals surface area contributed by atoms with Crippen LogP contribution in [0.25, 0.3) is 0 Å². The fourth-order valence-electron chi connectivity index (χ4n) is 1.59. The Hall–Kier alpha value is -0.570. The quantitative estimate of drug-likeness (QED) is 0.654. The highest BCUT2D eigenvalue weighted by Gasteiger charge is 2.10. The first kappa shape index (κ1) is 14.4. The predicted octanol–water partition coefficient (Wildman–Crippen LogP) is 2.64. The summed E-state index contributed by atoms with van der Waals surface area (Å²) in [6.45, 7) is 6.67. The van der Waals surface area contributed by atoms with Gasteiger partial charge in [-0.2, -0.15) is 0 Å². The van der Waals surface area contributed by atoms with Gasteiger partial charge in [-0.1, -0.05) is 33.6 Å². The zero-order valence-corrected chi connectivity index (χ0v) is 10.2. The van der Waals surface area contributed by atoms with E-state index in [1.807, 2.05) is 0 Å². The van der Waals surface area contributed by atoms with Crippen molar-refractivity contribution in [1.82, 2.24) is 0 Å². The Labute approximate surface area is 93.0 Å². The van der Waals surface area contributed by atoms with Gasteiger partial charge in [0.25, 0.3) is 0 Å². The molecule has 0 spiro atoms. The fraction of sp³-hybridized carbons (Fsp3) is 0.917. The maximum atomic E-state index is 10.4. The second kappa shape index (κ2) is 7.69. The summed E-state index contributed by atoms with van der Waals surface area (Å²) < 4.78 is 0. The van der Waals surface area contributed by atoms with E-state index in [4.69, 9.17) is 10.8 Å². The molecule has 3 N–H and O–H groups in total. The first-order valence-corrected chi connectivity index (χ1v) is 5.89. The molecule has 0 heterocycles. The largest absolute Gasteiger partial charge is 0.481 e. The molecule has 0 unspecified atom stereocenters. The van der Waals surface area contributed by atoms with Gasteiger partial charge in [0, 0.05) is 6.04 Å². The lowest BCUT2D eigenvalue weighted by Gasteiger charge is -2.15. The molecule has 0 saturated heterocycles. The van der Waals surface area contributed by atoms with E-state index in [-0.39, 0.29) is 12.5 Å². The smallest absolute Gasteiger partial charge is 0.304 e. The van der Waals surface area contributed by atoms with Gasteiger partial charge in [0.1, 0.15) is 0 Å². The molecular weight excluding hydrogens is 190 g/mol. The molecule has 0 aromatic heterocycles. The summed E-state index contributed by atoms with van der Waals surface area (Å²) in [6.07, 6.45) is 4.43. The molecule has 0 aromatic carbocycles. The van der Waals surface area contributed by atoms with Crippen LogP contribution in [0, 0.1) is 11.8 Å². The lowest BCUT2D eigenvalue weighted by Crippen LogP contribution is -2.24. The lowest BCUT2D eigenvalue weighted by molar-refractivity contribution is -0.137. The van der Waals surface area contributed by atoms with Crippen LogP contribution in [0.1, 0.15) is 52.9 Å². The Morgan fingerprint density at radius 2 is 1.67 bits per heavy atom. The number of rotatable bonds is 8. The van der Waals surface area contributed by atoms with Crippen molar-refractivity contribution < 1.29 is 9.90 Å². The topological polar surface area (TPSA) is 63.3 Å². The third kappa shape index (κ3) is 9.73. The molecule has 0 aliphatic carbocycles. The van der Waals surface area contributed by atoms with Gasteiger partial charge < -0.3 is 10.8 Å². The van der Waals surface area contributed by atoms with Gasteiger partial charge in [0.05, 0.1) is 6.42 Å². The molecule has 3 nitrogen and oxygen atoms in total. The number of nitrogens with two attached hydrogens (primary N) is 1. The van der Waals surface area contributed by atoms with Crippen molar-refractivity contribution in [1.29, 1.82) is 0 Å². The minimum absolute atomic E-state index is 0.0941. The van der Waals surface area contributed by atoms with E-state index in [1.54, 1.807) is 0 Å². The Kier molecular flexibility index (Phi) is 7.39. The van der Waals surface area contributed by atoms with E-state index in [2.05, 4.69) is 20.8 Å². The zero-order valence-electron chi connectivity index (χ0n) is 10.2. The van der Waals surface area contributed by atoms with Gasteiger partial charge in [0.15, 0.2) is 0 Å². The number of hydrogen-bond donors (Lipinski definition) is 2. The highest BCUT2D eigenvalue weighted by Crippen LogP contribution is 2.17. The Balaban J connectivity index is 3.52. The van der Waals surface area contributed by atoms with E-state index in [9.17, 15) is 4.79 Å². The van der Waals surface area contributed by atoms with Crippen LogP contribution in [0.15, 0.2) is 0 Å². The van der Waals surface area contributed by atoms with Gasteiger partial charge in [-0.3, -0.25) is 4.79 Å². The van der Waals surface area contributed by atoms with Gasteiger partial charge in [0.2, 0.25) is 0 Å². The van der Waals surface area contributed by atoms with E-state index in [0.717, 1.165) is 18.8 Å². The Morgan fingerprint density at radius 3 is 2.13 bits per heavy atom. The average molecular weight is 215 g/mol. The molecule has 15 heavy (non-hydrogen) atoms. The second-order valence-corrected chi connectivity index (χ2v) is 5.01. The van der Waals surface area contributed by atoms with Crippen molar-refractivity contribution in [3.05, 3.63) is 0 Å². The fourth-order valence-corrected chi connectivity index (χ4v) is 1.59. The van der Waals surface area contributed by atoms with Crippen LogP contribution in [-0.4, -0.2) is 17.1 Å². The van der Waals surface area contributed by atoms with E-state index in [1.165, 1.54) is 12.8 Å². The van der Waals surface area contributed by atoms with Crippen molar-refractivity contribution >= 4 is 5.97 Å². The van der Waals surface area contributed by atoms with E-state index >= 15 is 0 Å². The summed E-state index contributed by atoms with van der Waals surface area (Å²) >= 11 is 0. The molecule has 2 atom stereocenters. The minimum atomic E-state index is -0.794. The van der Waals surface area contributed by atoms with Crippen molar-refractivity contribution in [3.8, 4) is 0 Å². The van der Waals surface area contributed by atoms with Crippen LogP contribution in [0.2, 0.25) is 0 Å². The van der Waals surface area contributed by atoms with Crippen LogP contribution in [0.5, 0.6) is 0 Å². The summed E-state index contributed by atoms with van der Waals surface area (Å²) in [5.74, 6) is 0.615. The first-order chi connectivity index (χ1) is 6.91. The molecule has 0 bridgehead atoms. The molecule has 90 valence electrons. The highest BCUT2D eigenvalue weighted by atomic mass is 16.4. The SMILES string of the molecule is CC(C)CC[C@@H](C)CC[C@H](N)CC(=O)O. The molecular formula is C12H25NO2. The van der Waals surface area contributed by atoms with Crippen LogP contribution in [0.3, 0.4) is 0 Å². The summed E-state index contributed by atoms with van der Waals surface area (Å²) in [6, 6.07) is -0.177. The number of carbonyl (C=O) groups is 1. The second-order valence-electron chi connectivity index (χ2n) is 5.01. The first-order valence-electron chi connectivity index (χ1n) is 5.89. The van der Waals surface area contributed by atoms with Crippen LogP contribution in [-0.2, 0) is 4.79 Å². The standard InChI is InChI=1S/C12H25NO2/c1-9(2)4-5-10(3)6-7-11(13)8-12(14)15/h9-11H,4-8,13H2,1-3H3,(H,14,15)/t10-,11+/m1/s1. The molecule has 3 heteroatoms. The average Bonchev–Trinajstić information content (AvgIpc) is 2.10. The van der Waals surface area contributed by atoms with Gasteiger partial charge >= 0.3 is 5.97 Å². The zero-order chi connectivity index (χ0) is 11.8. The highest BCUT2D eigenvalue weighted by molar-refractivity contribution is 5.67. The summed E-state index contributed by atoms with van der Waals surface area (Å²) in [4.78, 5) is 10.4. The lowest BCUT2D eigenvalue weighted by atomic mass is 9.93. The molecule has 0 fully saturated rings. The number of hydrogen-bond acceptors (Lipinski definition) is 2. The van der Waals surface area contributed by atoms with Gasteiger partial charge in [-0.05, 0) is 24.7 Å². The minimum Gasteiger partial charge on any atom is -0.481 e. The number of carboxylic acids is 1. The third-order valence-corrected chi connectivity index (χ3v) is 2.70. The summed E-state index contributed by atoms with van der Waals surface area (Å²) in [5, 5.41) is 8.55. The number of carboxylic acid groups (broad SMARTS) is 1. The molecule has 0 amide bonds. The van der Waals surface area contributed by atoms with Crippen molar-refractivity contribution in [2.45, 2.75) is 58.9 Å². The maximum absolute atomic E-state index is 10.4. The molecule has 0 radical (unpaired) electrons. The number of aliphatic carboxylic acids is 1. The molecule has 0 aliphatic rings. The van der Waals surface area contributed by atoms with Crippen LogP contribution in [0.4, 0.5) is 0 Å². The van der Waals surface area contributed by atoms with Crippen molar-refractivity contribution in [2.24, 2.45) is 17.6 Å². The predicted molar refractivity (Wildman–Crippen MR) is 62.7 cm³/mol. The van der Waals surface area contributed by atoms with Gasteiger partial charge in [-0.25, -0.2) is 0 Å². The van der Waals surface area contributed by atoms with Gasteiger partial charge in [-0.15, -0.1) is 0 Å². The monoisotopic (exact) mass is 215 g/mol. The van der Waals surface area contributed by atoms with Crippen molar-refractivity contribution in [2.75, 3.05) is 0 Å². The normalized spacial score (nSPS) is 15.3. The molecule has 0 aliphatic heterocycles. The van der Waals surface area contributed by atoms with E-state index in [0.29, 0.717) is 5.92 Å². The van der Waals surface area contributed by atoms with Crippen molar-refractivity contribution in [3.63, 3.8) is 0 Å². The van der Waals surface area contributed by atoms with Crippen LogP contribution >= 0.6 is 0 Å². The van der Waals surface area contributed by atoms with Crippen LogP contribution < -0.4 is 5.73 Å². The molecule has 0 saturated carbocycles.